The van der Waals surface area contributed by atoms with Crippen LogP contribution in [0.2, 0.25) is 0 Å². The van der Waals surface area contributed by atoms with Gasteiger partial charge in [-0.05, 0) is 44.8 Å². The van der Waals surface area contributed by atoms with E-state index in [9.17, 15) is 0 Å². The largest absolute Gasteiger partial charge is 0.354 e. The molecule has 0 aliphatic carbocycles. The van der Waals surface area contributed by atoms with Crippen molar-refractivity contribution < 1.29 is 0 Å². The Kier molecular flexibility index (Phi) is 5.90. The van der Waals surface area contributed by atoms with E-state index in [-0.39, 0.29) is 0 Å². The number of hydrogen-bond acceptors (Lipinski definition) is 7. The molecule has 2 aliphatic rings. The summed E-state index contributed by atoms with van der Waals surface area (Å²) in [6, 6.07) is 8.80. The lowest BCUT2D eigenvalue weighted by molar-refractivity contribution is 0.241. The summed E-state index contributed by atoms with van der Waals surface area (Å²) in [4.78, 5) is 21.5. The average Bonchev–Trinajstić information content (AvgIpc) is 3.17. The molecule has 2 aromatic heterocycles. The van der Waals surface area contributed by atoms with Crippen LogP contribution in [0.3, 0.4) is 0 Å². The fourth-order valence-corrected chi connectivity index (χ4v) is 4.35. The van der Waals surface area contributed by atoms with Crippen LogP contribution >= 0.6 is 11.8 Å². The van der Waals surface area contributed by atoms with Crippen molar-refractivity contribution in [1.82, 2.24) is 24.8 Å². The first-order valence-corrected chi connectivity index (χ1v) is 11.0. The molecule has 2 aromatic rings. The zero-order valence-electron chi connectivity index (χ0n) is 16.2. The van der Waals surface area contributed by atoms with Crippen LogP contribution in [-0.2, 0) is 6.54 Å². The Bertz CT molecular complexity index is 747. The molecule has 0 spiro atoms. The minimum absolute atomic E-state index is 0.394. The Morgan fingerprint density at radius 2 is 1.96 bits per heavy atom. The second kappa shape index (κ2) is 8.54. The van der Waals surface area contributed by atoms with Gasteiger partial charge >= 0.3 is 0 Å². The zero-order chi connectivity index (χ0) is 18.6. The maximum atomic E-state index is 4.81. The molecule has 27 heavy (non-hydrogen) atoms. The molecule has 2 aliphatic heterocycles. The Hall–Kier alpha value is -1.70. The number of hydrogen-bond donors (Lipinski definition) is 0. The van der Waals surface area contributed by atoms with E-state index in [1.54, 1.807) is 11.8 Å². The highest BCUT2D eigenvalue weighted by Crippen LogP contribution is 2.32. The first-order chi connectivity index (χ1) is 13.2. The Labute approximate surface area is 166 Å². The molecule has 4 heterocycles. The zero-order valence-corrected chi connectivity index (χ0v) is 17.0. The molecule has 0 amide bonds. The van der Waals surface area contributed by atoms with E-state index in [1.807, 2.05) is 12.3 Å². The third-order valence-electron chi connectivity index (χ3n) is 5.51. The van der Waals surface area contributed by atoms with E-state index in [0.29, 0.717) is 6.04 Å². The maximum Gasteiger partial charge on any atom is 0.189 e. The summed E-state index contributed by atoms with van der Waals surface area (Å²) in [6.07, 6.45) is 6.34. The molecule has 2 saturated heterocycles. The highest BCUT2D eigenvalue weighted by atomic mass is 32.2. The Morgan fingerprint density at radius 3 is 2.70 bits per heavy atom. The molecule has 0 N–H and O–H groups in total. The van der Waals surface area contributed by atoms with Gasteiger partial charge in [0.25, 0.3) is 0 Å². The van der Waals surface area contributed by atoms with Crippen LogP contribution in [-0.4, -0.2) is 70.8 Å². The molecule has 0 aromatic carbocycles. The lowest BCUT2D eigenvalue weighted by Gasteiger charge is -2.33. The number of likely N-dealkylation sites (N-methyl/N-ethyl adjacent to an activating group) is 1. The van der Waals surface area contributed by atoms with Crippen molar-refractivity contribution in [2.75, 3.05) is 50.9 Å². The van der Waals surface area contributed by atoms with Crippen molar-refractivity contribution >= 4 is 17.6 Å². The standard InChI is InChI=1S/C20H28N6S/c1-24-10-12-25(13-11-24)19-14-16(22-20(23-19)27-2)15-26-9-5-7-18(26)17-6-3-4-8-21-17/h3-4,6,8,14,18H,5,7,9-13,15H2,1-2H3. The van der Waals surface area contributed by atoms with E-state index >= 15 is 0 Å². The lowest BCUT2D eigenvalue weighted by atomic mass is 10.1. The molecule has 6 nitrogen and oxygen atoms in total. The van der Waals surface area contributed by atoms with Gasteiger partial charge in [-0.2, -0.15) is 0 Å². The molecule has 1 atom stereocenters. The third-order valence-corrected chi connectivity index (χ3v) is 6.06. The molecule has 0 radical (unpaired) electrons. The highest BCUT2D eigenvalue weighted by molar-refractivity contribution is 7.98. The van der Waals surface area contributed by atoms with Crippen molar-refractivity contribution in [3.8, 4) is 0 Å². The minimum atomic E-state index is 0.394. The minimum Gasteiger partial charge on any atom is -0.354 e. The topological polar surface area (TPSA) is 48.4 Å². The van der Waals surface area contributed by atoms with E-state index < -0.39 is 0 Å². The molecular weight excluding hydrogens is 356 g/mol. The summed E-state index contributed by atoms with van der Waals surface area (Å²) in [5.41, 5.74) is 2.29. The van der Waals surface area contributed by atoms with E-state index in [2.05, 4.69) is 51.2 Å². The summed E-state index contributed by atoms with van der Waals surface area (Å²) in [7, 11) is 2.18. The fourth-order valence-electron chi connectivity index (χ4n) is 3.96. The van der Waals surface area contributed by atoms with Gasteiger partial charge in [0.15, 0.2) is 5.16 Å². The number of nitrogens with zero attached hydrogens (tertiary/aromatic N) is 6. The summed E-state index contributed by atoms with van der Waals surface area (Å²) < 4.78 is 0. The van der Waals surface area contributed by atoms with Crippen molar-refractivity contribution in [3.63, 3.8) is 0 Å². The van der Waals surface area contributed by atoms with E-state index in [0.717, 1.165) is 55.9 Å². The summed E-state index contributed by atoms with van der Waals surface area (Å²) in [5, 5.41) is 0.870. The monoisotopic (exact) mass is 384 g/mol. The van der Waals surface area contributed by atoms with Gasteiger partial charge < -0.3 is 9.80 Å². The van der Waals surface area contributed by atoms with Crippen molar-refractivity contribution in [1.29, 1.82) is 0 Å². The van der Waals surface area contributed by atoms with E-state index in [1.165, 1.54) is 18.5 Å². The van der Waals surface area contributed by atoms with E-state index in [4.69, 9.17) is 9.97 Å². The number of pyridine rings is 1. The normalized spacial score (nSPS) is 21.7. The molecule has 0 bridgehead atoms. The van der Waals surface area contributed by atoms with Gasteiger partial charge in [-0.15, -0.1) is 0 Å². The second-order valence-electron chi connectivity index (χ2n) is 7.38. The van der Waals surface area contributed by atoms with Gasteiger partial charge in [0.05, 0.1) is 17.4 Å². The highest BCUT2D eigenvalue weighted by Gasteiger charge is 2.27. The molecule has 144 valence electrons. The van der Waals surface area contributed by atoms with Crippen LogP contribution < -0.4 is 4.90 Å². The SMILES string of the molecule is CSc1nc(CN2CCCC2c2ccccn2)cc(N2CCN(C)CC2)n1. The van der Waals surface area contributed by atoms with Crippen LogP contribution in [0.25, 0.3) is 0 Å². The quantitative estimate of drug-likeness (QED) is 0.580. The third kappa shape index (κ3) is 4.42. The molecule has 7 heteroatoms. The first-order valence-electron chi connectivity index (χ1n) is 9.73. The van der Waals surface area contributed by atoms with Crippen LogP contribution in [0, 0.1) is 0 Å². The number of piperazine rings is 1. The maximum absolute atomic E-state index is 4.81. The fraction of sp³-hybridized carbons (Fsp3) is 0.550. The van der Waals surface area contributed by atoms with Gasteiger partial charge in [-0.1, -0.05) is 17.8 Å². The van der Waals surface area contributed by atoms with Crippen LogP contribution in [0.5, 0.6) is 0 Å². The first kappa shape index (κ1) is 18.7. The van der Waals surface area contributed by atoms with Crippen LogP contribution in [0.4, 0.5) is 5.82 Å². The molecule has 1 unspecified atom stereocenters. The Balaban J connectivity index is 1.53. The molecule has 0 saturated carbocycles. The number of likely N-dealkylation sites (tertiary alicyclic amines) is 1. The number of rotatable bonds is 5. The summed E-state index contributed by atoms with van der Waals surface area (Å²) >= 11 is 1.63. The van der Waals surface area contributed by atoms with Crippen LogP contribution in [0.15, 0.2) is 35.6 Å². The van der Waals surface area contributed by atoms with Gasteiger partial charge in [-0.25, -0.2) is 9.97 Å². The van der Waals surface area contributed by atoms with Crippen molar-refractivity contribution in [2.45, 2.75) is 30.6 Å². The number of anilines is 1. The number of aromatic nitrogens is 3. The van der Waals surface area contributed by atoms with Crippen LogP contribution in [0.1, 0.15) is 30.3 Å². The van der Waals surface area contributed by atoms with Crippen molar-refractivity contribution in [2.24, 2.45) is 0 Å². The predicted octanol–water partition coefficient (Wildman–Crippen LogP) is 2.68. The van der Waals surface area contributed by atoms with Gasteiger partial charge in [-0.3, -0.25) is 9.88 Å². The van der Waals surface area contributed by atoms with Gasteiger partial charge in [0, 0.05) is 45.0 Å². The molecular formula is C20H28N6S. The lowest BCUT2D eigenvalue weighted by Crippen LogP contribution is -2.45. The van der Waals surface area contributed by atoms with Gasteiger partial charge in [0.2, 0.25) is 0 Å². The second-order valence-corrected chi connectivity index (χ2v) is 8.15. The van der Waals surface area contributed by atoms with Crippen molar-refractivity contribution in [3.05, 3.63) is 41.9 Å². The molecule has 2 fully saturated rings. The molecule has 4 rings (SSSR count). The summed E-state index contributed by atoms with van der Waals surface area (Å²) in [5.74, 6) is 1.08. The van der Waals surface area contributed by atoms with Gasteiger partial charge in [0.1, 0.15) is 5.82 Å². The predicted molar refractivity (Wildman–Crippen MR) is 110 cm³/mol. The smallest absolute Gasteiger partial charge is 0.189 e. The summed E-state index contributed by atoms with van der Waals surface area (Å²) in [6.45, 7) is 6.19. The Morgan fingerprint density at radius 1 is 1.11 bits per heavy atom. The average molecular weight is 385 g/mol. The number of thioether (sulfide) groups is 1.